The molecule has 0 amide bonds. The van der Waals surface area contributed by atoms with E-state index in [0.29, 0.717) is 31.9 Å². The summed E-state index contributed by atoms with van der Waals surface area (Å²) in [6.07, 6.45) is 2.33. The second-order valence-corrected chi connectivity index (χ2v) is 6.81. The Morgan fingerprint density at radius 1 is 1.14 bits per heavy atom. The number of para-hydroxylation sites is 1. The van der Waals surface area contributed by atoms with Crippen LogP contribution in [0.5, 0.6) is 0 Å². The van der Waals surface area contributed by atoms with Gasteiger partial charge in [-0.15, -0.1) is 0 Å². The summed E-state index contributed by atoms with van der Waals surface area (Å²) in [5.41, 5.74) is -1.75. The summed E-state index contributed by atoms with van der Waals surface area (Å²) in [6.45, 7) is 2.09. The number of alkyl halides is 2. The minimum absolute atomic E-state index is 0.0308. The van der Waals surface area contributed by atoms with Gasteiger partial charge in [0.1, 0.15) is 11.3 Å². The molecule has 1 aliphatic carbocycles. The third-order valence-electron chi connectivity index (χ3n) is 5.14. The van der Waals surface area contributed by atoms with Crippen molar-refractivity contribution in [3.63, 3.8) is 0 Å². The van der Waals surface area contributed by atoms with Gasteiger partial charge in [0.2, 0.25) is 0 Å². The van der Waals surface area contributed by atoms with E-state index in [2.05, 4.69) is 5.32 Å². The second kappa shape index (κ2) is 6.87. The molecule has 8 heteroatoms. The number of fused-ring (bicyclic) bond motifs is 1. The number of allylic oxidation sites excluding steroid dienone is 2. The van der Waals surface area contributed by atoms with E-state index in [0.717, 1.165) is 10.8 Å². The predicted molar refractivity (Wildman–Crippen MR) is 99.1 cm³/mol. The van der Waals surface area contributed by atoms with E-state index in [9.17, 15) is 14.7 Å². The molecule has 6 nitrogen and oxygen atoms in total. The highest BCUT2D eigenvalue weighted by Gasteiger charge is 2.47. The molecule has 0 bridgehead atoms. The van der Waals surface area contributed by atoms with Gasteiger partial charge in [-0.1, -0.05) is 24.3 Å². The lowest BCUT2D eigenvalue weighted by atomic mass is 9.92. The molecular formula is C20H19F2N3O3. The molecule has 2 aliphatic rings. The van der Waals surface area contributed by atoms with E-state index >= 15 is 8.78 Å². The summed E-state index contributed by atoms with van der Waals surface area (Å²) in [7, 11) is 0. The first-order valence-corrected chi connectivity index (χ1v) is 9.03. The fourth-order valence-corrected chi connectivity index (χ4v) is 3.82. The number of aromatic nitrogens is 1. The largest absolute Gasteiger partial charge is 0.477 e. The summed E-state index contributed by atoms with van der Waals surface area (Å²) in [4.78, 5) is 25.8. The predicted octanol–water partition coefficient (Wildman–Crippen LogP) is 1.97. The van der Waals surface area contributed by atoms with Gasteiger partial charge in [-0.25, -0.2) is 4.79 Å². The average Bonchev–Trinajstić information content (AvgIpc) is 2.69. The van der Waals surface area contributed by atoms with Gasteiger partial charge >= 0.3 is 11.9 Å². The van der Waals surface area contributed by atoms with Crippen LogP contribution in [0, 0.1) is 0 Å². The van der Waals surface area contributed by atoms with Crippen LogP contribution in [0.15, 0.2) is 53.1 Å². The monoisotopic (exact) mass is 387 g/mol. The van der Waals surface area contributed by atoms with Crippen molar-refractivity contribution in [3.8, 4) is 5.69 Å². The van der Waals surface area contributed by atoms with Crippen LogP contribution in [0.2, 0.25) is 0 Å². The molecule has 2 N–H and O–H groups in total. The Bertz CT molecular complexity index is 1010. The van der Waals surface area contributed by atoms with Crippen molar-refractivity contribution in [2.75, 3.05) is 26.2 Å². The number of rotatable bonds is 3. The Morgan fingerprint density at radius 3 is 2.46 bits per heavy atom. The summed E-state index contributed by atoms with van der Waals surface area (Å²) >= 11 is 0. The summed E-state index contributed by atoms with van der Waals surface area (Å²) in [5, 5.41) is 12.5. The van der Waals surface area contributed by atoms with Crippen molar-refractivity contribution >= 4 is 5.97 Å². The van der Waals surface area contributed by atoms with Crippen LogP contribution in [-0.4, -0.2) is 46.7 Å². The molecule has 0 atom stereocenters. The number of carboxylic acid groups (broad SMARTS) is 1. The Labute approximate surface area is 159 Å². The van der Waals surface area contributed by atoms with Gasteiger partial charge < -0.3 is 19.9 Å². The number of piperazine rings is 1. The maximum Gasteiger partial charge on any atom is 0.341 e. The lowest BCUT2D eigenvalue weighted by Gasteiger charge is -2.38. The molecule has 2 aromatic rings. The zero-order chi connectivity index (χ0) is 19.9. The molecule has 146 valence electrons. The van der Waals surface area contributed by atoms with Gasteiger partial charge in [-0.3, -0.25) is 4.79 Å². The molecule has 4 rings (SSSR count). The second-order valence-electron chi connectivity index (χ2n) is 6.81. The van der Waals surface area contributed by atoms with Crippen molar-refractivity contribution < 1.29 is 18.7 Å². The molecule has 0 unspecified atom stereocenters. The molecule has 1 saturated heterocycles. The SMILES string of the molecule is O=C(O)c1cn(-c2ccccc2)c2c(c1=O)CC=C(N1CCNCC1)C2(F)F. The highest BCUT2D eigenvalue weighted by Crippen LogP contribution is 2.43. The maximum absolute atomic E-state index is 15.7. The lowest BCUT2D eigenvalue weighted by Crippen LogP contribution is -2.48. The Morgan fingerprint density at radius 2 is 1.82 bits per heavy atom. The Hall–Kier alpha value is -3.00. The Balaban J connectivity index is 1.95. The number of pyridine rings is 1. The van der Waals surface area contributed by atoms with Gasteiger partial charge in [-0.2, -0.15) is 8.78 Å². The normalized spacial score (nSPS) is 18.4. The zero-order valence-electron chi connectivity index (χ0n) is 15.0. The molecule has 2 heterocycles. The number of nitrogens with zero attached hydrogens (tertiary/aromatic N) is 2. The van der Waals surface area contributed by atoms with Gasteiger partial charge in [0.25, 0.3) is 0 Å². The van der Waals surface area contributed by atoms with Crippen molar-refractivity contribution in [3.05, 3.63) is 75.3 Å². The molecule has 28 heavy (non-hydrogen) atoms. The van der Waals surface area contributed by atoms with E-state index in [4.69, 9.17) is 0 Å². The number of hydrogen-bond acceptors (Lipinski definition) is 4. The number of carboxylic acids is 1. The summed E-state index contributed by atoms with van der Waals surface area (Å²) in [5.74, 6) is -4.85. The number of nitrogens with one attached hydrogen (secondary N) is 1. The summed E-state index contributed by atoms with van der Waals surface area (Å²) in [6, 6.07) is 8.30. The molecule has 0 spiro atoms. The standard InChI is InChI=1S/C20H19F2N3O3/c21-20(22)16(24-10-8-23-9-11-24)7-6-14-17(26)15(19(27)28)12-25(18(14)20)13-4-2-1-3-5-13/h1-5,7,12,23H,6,8-11H2,(H,27,28). The highest BCUT2D eigenvalue weighted by atomic mass is 19.3. The number of benzene rings is 1. The minimum Gasteiger partial charge on any atom is -0.477 e. The van der Waals surface area contributed by atoms with Crippen LogP contribution >= 0.6 is 0 Å². The van der Waals surface area contributed by atoms with Crippen LogP contribution in [0.1, 0.15) is 21.6 Å². The smallest absolute Gasteiger partial charge is 0.341 e. The number of aromatic carboxylic acids is 1. The number of hydrogen-bond donors (Lipinski definition) is 2. The van der Waals surface area contributed by atoms with E-state index in [1.54, 1.807) is 35.2 Å². The van der Waals surface area contributed by atoms with Crippen molar-refractivity contribution in [2.45, 2.75) is 12.3 Å². The molecule has 0 radical (unpaired) electrons. The van der Waals surface area contributed by atoms with E-state index < -0.39 is 28.6 Å². The molecule has 0 saturated carbocycles. The van der Waals surface area contributed by atoms with Crippen LogP contribution < -0.4 is 10.7 Å². The topological polar surface area (TPSA) is 74.6 Å². The quantitative estimate of drug-likeness (QED) is 0.843. The fourth-order valence-electron chi connectivity index (χ4n) is 3.82. The molecule has 1 aromatic carbocycles. The third-order valence-corrected chi connectivity index (χ3v) is 5.14. The first-order chi connectivity index (χ1) is 13.4. The van der Waals surface area contributed by atoms with Crippen LogP contribution in [-0.2, 0) is 12.3 Å². The van der Waals surface area contributed by atoms with Gasteiger partial charge in [0.15, 0.2) is 5.43 Å². The van der Waals surface area contributed by atoms with Gasteiger partial charge in [0, 0.05) is 43.6 Å². The Kier molecular flexibility index (Phi) is 4.50. The van der Waals surface area contributed by atoms with Crippen molar-refractivity contribution in [2.24, 2.45) is 0 Å². The zero-order valence-corrected chi connectivity index (χ0v) is 15.0. The lowest BCUT2D eigenvalue weighted by molar-refractivity contribution is -0.00592. The maximum atomic E-state index is 15.7. The number of halogens is 2. The van der Waals surface area contributed by atoms with Gasteiger partial charge in [-0.05, 0) is 18.6 Å². The average molecular weight is 387 g/mol. The molecule has 1 fully saturated rings. The first-order valence-electron chi connectivity index (χ1n) is 9.03. The van der Waals surface area contributed by atoms with Gasteiger partial charge in [0.05, 0.1) is 5.70 Å². The number of carbonyl (C=O) groups is 1. The summed E-state index contributed by atoms with van der Waals surface area (Å²) < 4.78 is 32.5. The van der Waals surface area contributed by atoms with Crippen LogP contribution in [0.4, 0.5) is 8.78 Å². The van der Waals surface area contributed by atoms with Crippen molar-refractivity contribution in [1.82, 2.24) is 14.8 Å². The van der Waals surface area contributed by atoms with Crippen molar-refractivity contribution in [1.29, 1.82) is 0 Å². The first kappa shape index (κ1) is 18.4. The fraction of sp³-hybridized carbons (Fsp3) is 0.300. The molecule has 1 aromatic heterocycles. The van der Waals surface area contributed by atoms with E-state index in [1.807, 2.05) is 0 Å². The van der Waals surface area contributed by atoms with Crippen LogP contribution in [0.3, 0.4) is 0 Å². The third kappa shape index (κ3) is 2.90. The molecule has 1 aliphatic heterocycles. The minimum atomic E-state index is -3.42. The van der Waals surface area contributed by atoms with E-state index in [1.165, 1.54) is 6.08 Å². The molecular weight excluding hydrogens is 368 g/mol. The highest BCUT2D eigenvalue weighted by molar-refractivity contribution is 5.87. The van der Waals surface area contributed by atoms with E-state index in [-0.39, 0.29) is 17.7 Å². The van der Waals surface area contributed by atoms with Crippen LogP contribution in [0.25, 0.3) is 5.69 Å².